The molecule has 6 heteroatoms. The number of hydrogen-bond donors (Lipinski definition) is 0. The van der Waals surface area contributed by atoms with Crippen molar-refractivity contribution in [1.82, 2.24) is 0 Å². The molecule has 188 valence electrons. The van der Waals surface area contributed by atoms with E-state index in [2.05, 4.69) is 65.6 Å². The van der Waals surface area contributed by atoms with Crippen molar-refractivity contribution in [2.75, 3.05) is 19.0 Å². The van der Waals surface area contributed by atoms with Crippen LogP contribution in [0, 0.1) is 22.7 Å². The highest BCUT2D eigenvalue weighted by molar-refractivity contribution is 7.14. The van der Waals surface area contributed by atoms with Crippen LogP contribution < -0.4 is 4.90 Å². The Morgan fingerprint density at radius 3 is 1.85 bits per heavy atom. The van der Waals surface area contributed by atoms with Crippen molar-refractivity contribution in [3.05, 3.63) is 120 Å². The molecule has 2 aromatic carbocycles. The largest absolute Gasteiger partial charge is 0.378 e. The highest BCUT2D eigenvalue weighted by Gasteiger charge is 2.32. The molecule has 0 aliphatic heterocycles. The van der Waals surface area contributed by atoms with Crippen molar-refractivity contribution in [2.24, 2.45) is 0 Å². The molecule has 0 saturated heterocycles. The maximum Gasteiger partial charge on any atom is 0.194 e. The average molecular weight is 542 g/mol. The van der Waals surface area contributed by atoms with Gasteiger partial charge in [-0.3, -0.25) is 4.79 Å². The second-order valence-electron chi connectivity index (χ2n) is 9.04. The molecule has 0 bridgehead atoms. The predicted molar refractivity (Wildman–Crippen MR) is 164 cm³/mol. The van der Waals surface area contributed by atoms with E-state index in [0.717, 1.165) is 20.2 Å². The molecule has 4 nitrogen and oxygen atoms in total. The first kappa shape index (κ1) is 25.9. The van der Waals surface area contributed by atoms with Crippen molar-refractivity contribution in [2.45, 2.75) is 0 Å². The van der Waals surface area contributed by atoms with Crippen molar-refractivity contribution >= 4 is 70.1 Å². The van der Waals surface area contributed by atoms with Gasteiger partial charge in [-0.1, -0.05) is 42.5 Å². The molecule has 0 unspecified atom stereocenters. The quantitative estimate of drug-likeness (QED) is 0.182. The van der Waals surface area contributed by atoms with Crippen LogP contribution in [0.3, 0.4) is 0 Å². The molecule has 0 spiro atoms. The highest BCUT2D eigenvalue weighted by atomic mass is 32.1. The molecule has 1 aliphatic rings. The first-order valence-electron chi connectivity index (χ1n) is 12.2. The fourth-order valence-electron chi connectivity index (χ4n) is 4.30. The Balaban J connectivity index is 1.32. The zero-order chi connectivity index (χ0) is 27.4. The first-order chi connectivity index (χ1) is 19.0. The number of fused-ring (bicyclic) bond motifs is 1. The second kappa shape index (κ2) is 11.3. The topological polar surface area (TPSA) is 67.9 Å². The number of carbonyl (C=O) groups excluding carboxylic acids is 1. The number of allylic oxidation sites excluding steroid dienone is 3. The SMILES string of the molecule is CN(C)c1ccc(/C=C/c2ccc(/C=C/c3ccc(/C=C4\C(=O)c5ccccc5C4=C(C#N)C#N)s3)s2)cc1. The second-order valence-corrected chi connectivity index (χ2v) is 11.3. The van der Waals surface area contributed by atoms with Crippen molar-refractivity contribution in [3.63, 3.8) is 0 Å². The summed E-state index contributed by atoms with van der Waals surface area (Å²) in [7, 11) is 4.07. The summed E-state index contributed by atoms with van der Waals surface area (Å²) in [5.41, 5.74) is 4.24. The van der Waals surface area contributed by atoms with E-state index in [0.29, 0.717) is 22.3 Å². The Morgan fingerprint density at radius 1 is 0.718 bits per heavy atom. The first-order valence-corrected chi connectivity index (χ1v) is 13.8. The Hall–Kier alpha value is -4.75. The van der Waals surface area contributed by atoms with E-state index >= 15 is 0 Å². The third kappa shape index (κ3) is 5.58. The number of Topliss-reactive ketones (excluding diaryl/α,β-unsaturated/α-hetero) is 1. The summed E-state index contributed by atoms with van der Waals surface area (Å²) >= 11 is 3.26. The molecule has 0 atom stereocenters. The summed E-state index contributed by atoms with van der Waals surface area (Å²) in [4.78, 5) is 19.4. The minimum Gasteiger partial charge on any atom is -0.378 e. The molecule has 0 saturated carbocycles. The van der Waals surface area contributed by atoms with Crippen LogP contribution in [-0.4, -0.2) is 19.9 Å². The third-order valence-corrected chi connectivity index (χ3v) is 8.28. The van der Waals surface area contributed by atoms with Gasteiger partial charge in [0, 0.05) is 56.0 Å². The number of hydrogen-bond acceptors (Lipinski definition) is 6. The van der Waals surface area contributed by atoms with Gasteiger partial charge < -0.3 is 4.90 Å². The van der Waals surface area contributed by atoms with Gasteiger partial charge in [0.1, 0.15) is 17.7 Å². The van der Waals surface area contributed by atoms with Crippen LogP contribution >= 0.6 is 22.7 Å². The summed E-state index contributed by atoms with van der Waals surface area (Å²) < 4.78 is 0. The maximum atomic E-state index is 13.1. The zero-order valence-corrected chi connectivity index (χ0v) is 23.0. The molecule has 0 fully saturated rings. The average Bonchev–Trinajstić information content (AvgIpc) is 3.67. The lowest BCUT2D eigenvalue weighted by molar-refractivity contribution is 0.104. The van der Waals surface area contributed by atoms with E-state index in [1.54, 1.807) is 46.9 Å². The number of nitriles is 2. The third-order valence-electron chi connectivity index (χ3n) is 6.27. The molecular formula is C33H23N3OS2. The normalized spacial score (nSPS) is 13.7. The Bertz CT molecular complexity index is 1750. The zero-order valence-electron chi connectivity index (χ0n) is 21.4. The number of ketones is 1. The Morgan fingerprint density at radius 2 is 1.26 bits per heavy atom. The molecule has 0 amide bonds. The van der Waals surface area contributed by atoms with E-state index in [1.807, 2.05) is 44.4 Å². The van der Waals surface area contributed by atoms with Gasteiger partial charge in [0.05, 0.1) is 0 Å². The lowest BCUT2D eigenvalue weighted by Crippen LogP contribution is -2.07. The summed E-state index contributed by atoms with van der Waals surface area (Å²) in [5, 5.41) is 19.0. The number of rotatable bonds is 6. The molecule has 0 N–H and O–H groups in total. The van der Waals surface area contributed by atoms with E-state index < -0.39 is 0 Å². The van der Waals surface area contributed by atoms with Crippen LogP contribution in [0.1, 0.15) is 41.0 Å². The molecule has 0 radical (unpaired) electrons. The summed E-state index contributed by atoms with van der Waals surface area (Å²) in [6, 6.07) is 27.6. The molecule has 39 heavy (non-hydrogen) atoms. The van der Waals surface area contributed by atoms with Crippen LogP contribution in [0.15, 0.2) is 83.9 Å². The van der Waals surface area contributed by atoms with Gasteiger partial charge in [0.2, 0.25) is 0 Å². The smallest absolute Gasteiger partial charge is 0.194 e. The molecule has 2 aromatic heterocycles. The monoisotopic (exact) mass is 541 g/mol. The molecular weight excluding hydrogens is 519 g/mol. The fraction of sp³-hybridized carbons (Fsp3) is 0.0606. The Kier molecular flexibility index (Phi) is 7.52. The van der Waals surface area contributed by atoms with Gasteiger partial charge in [-0.2, -0.15) is 10.5 Å². The standard InChI is InChI=1S/C33H23N3OS2/c1-36(2)24-10-7-22(8-11-24)9-12-25-13-14-26(38-25)15-16-27-17-18-28(39-27)19-31-32(23(20-34)21-35)29-5-3-4-6-30(29)33(31)37/h3-19H,1-2H3/b12-9+,16-15+,31-19-. The molecule has 5 rings (SSSR count). The number of thiophene rings is 2. The van der Waals surface area contributed by atoms with Gasteiger partial charge in [-0.05, 0) is 71.8 Å². The van der Waals surface area contributed by atoms with Crippen LogP contribution in [0.25, 0.3) is 36.0 Å². The van der Waals surface area contributed by atoms with E-state index in [-0.39, 0.29) is 11.4 Å². The number of anilines is 1. The van der Waals surface area contributed by atoms with Gasteiger partial charge in [-0.25, -0.2) is 0 Å². The lowest BCUT2D eigenvalue weighted by Gasteiger charge is -2.11. The molecule has 4 aromatic rings. The van der Waals surface area contributed by atoms with Gasteiger partial charge >= 0.3 is 0 Å². The molecule has 2 heterocycles. The highest BCUT2D eigenvalue weighted by Crippen LogP contribution is 2.40. The summed E-state index contributed by atoms with van der Waals surface area (Å²) in [6.45, 7) is 0. The van der Waals surface area contributed by atoms with Crippen molar-refractivity contribution in [3.8, 4) is 12.1 Å². The van der Waals surface area contributed by atoms with Crippen molar-refractivity contribution < 1.29 is 4.79 Å². The number of carbonyl (C=O) groups is 1. The predicted octanol–water partition coefficient (Wildman–Crippen LogP) is 8.30. The summed E-state index contributed by atoms with van der Waals surface area (Å²) in [5.74, 6) is -0.165. The van der Waals surface area contributed by atoms with Gasteiger partial charge in [-0.15, -0.1) is 22.7 Å². The number of nitrogens with zero attached hydrogens (tertiary/aromatic N) is 3. The van der Waals surface area contributed by atoms with Crippen molar-refractivity contribution in [1.29, 1.82) is 10.5 Å². The fourth-order valence-corrected chi connectivity index (χ4v) is 5.97. The van der Waals surface area contributed by atoms with E-state index in [1.165, 1.54) is 10.6 Å². The van der Waals surface area contributed by atoms with Crippen LogP contribution in [0.4, 0.5) is 5.69 Å². The minimum atomic E-state index is -0.165. The van der Waals surface area contributed by atoms with E-state index in [4.69, 9.17) is 0 Å². The van der Waals surface area contributed by atoms with Crippen LogP contribution in [0.2, 0.25) is 0 Å². The maximum absolute atomic E-state index is 13.1. The lowest BCUT2D eigenvalue weighted by atomic mass is 9.99. The summed E-state index contributed by atoms with van der Waals surface area (Å²) in [6.07, 6.45) is 10.2. The van der Waals surface area contributed by atoms with Gasteiger partial charge in [0.15, 0.2) is 5.78 Å². The Labute approximate surface area is 236 Å². The number of benzene rings is 2. The van der Waals surface area contributed by atoms with Gasteiger partial charge in [0.25, 0.3) is 0 Å². The minimum absolute atomic E-state index is 0.0515. The van der Waals surface area contributed by atoms with Crippen LogP contribution in [-0.2, 0) is 0 Å². The van der Waals surface area contributed by atoms with Crippen LogP contribution in [0.5, 0.6) is 0 Å². The van der Waals surface area contributed by atoms with E-state index in [9.17, 15) is 15.3 Å². The molecule has 1 aliphatic carbocycles.